The van der Waals surface area contributed by atoms with E-state index < -0.39 is 59.1 Å². The molecule has 0 spiro atoms. The molecule has 1 amide bonds. The Morgan fingerprint density at radius 3 is 2.76 bits per heavy atom. The van der Waals surface area contributed by atoms with Crippen molar-refractivity contribution in [2.75, 3.05) is 12.3 Å². The van der Waals surface area contributed by atoms with Crippen LogP contribution in [0, 0.1) is 0 Å². The monoisotopic (exact) mass is 538 g/mol. The maximum Gasteiger partial charge on any atom is 0.362 e. The second-order valence-electron chi connectivity index (χ2n) is 7.98. The summed E-state index contributed by atoms with van der Waals surface area (Å²) in [5.74, 6) is -2.27. The highest BCUT2D eigenvalue weighted by atomic mass is 32.2. The Balaban J connectivity index is 1.53. The van der Waals surface area contributed by atoms with Crippen LogP contribution in [0.25, 0.3) is 11.2 Å². The van der Waals surface area contributed by atoms with Crippen LogP contribution in [0.3, 0.4) is 0 Å². The molecule has 1 aliphatic rings. The summed E-state index contributed by atoms with van der Waals surface area (Å²) in [6.07, 6.45) is -3.55. The zero-order valence-corrected chi connectivity index (χ0v) is 20.2. The molecule has 0 saturated carbocycles. The van der Waals surface area contributed by atoms with Gasteiger partial charge in [-0.15, -0.1) is 0 Å². The van der Waals surface area contributed by atoms with E-state index >= 15 is 4.39 Å². The normalized spacial score (nSPS) is 21.7. The highest BCUT2D eigenvalue weighted by molar-refractivity contribution is 7.85. The number of fused-ring (bicyclic) bond motifs is 1. The van der Waals surface area contributed by atoms with Crippen molar-refractivity contribution < 1.29 is 41.2 Å². The zero-order chi connectivity index (χ0) is 26.7. The summed E-state index contributed by atoms with van der Waals surface area (Å²) in [6, 6.07) is 5.27. The Bertz CT molecular complexity index is 1420. The van der Waals surface area contributed by atoms with Crippen molar-refractivity contribution >= 4 is 39.2 Å². The molecule has 4 rings (SSSR count). The van der Waals surface area contributed by atoms with Gasteiger partial charge in [0.15, 0.2) is 30.0 Å². The van der Waals surface area contributed by atoms with Gasteiger partial charge >= 0.3 is 16.3 Å². The van der Waals surface area contributed by atoms with E-state index in [2.05, 4.69) is 15.0 Å². The number of anilines is 1. The van der Waals surface area contributed by atoms with Gasteiger partial charge in [0, 0.05) is 6.42 Å². The molecule has 16 heteroatoms. The molecule has 3 heterocycles. The number of nitrogen functional groups attached to an aromatic ring is 1. The number of ether oxygens (including phenoxy) is 2. The number of benzene rings is 1. The molecule has 0 radical (unpaired) electrons. The Kier molecular flexibility index (Phi) is 7.51. The van der Waals surface area contributed by atoms with Crippen LogP contribution in [0.4, 0.5) is 10.2 Å². The number of phenols is 1. The number of nitrogens with two attached hydrogens (primary N) is 1. The summed E-state index contributed by atoms with van der Waals surface area (Å²) in [4.78, 5) is 36.3. The summed E-state index contributed by atoms with van der Waals surface area (Å²) in [5, 5.41) is 9.75. The fraction of sp³-hybridized carbons (Fsp3) is 0.381. The van der Waals surface area contributed by atoms with Crippen molar-refractivity contribution in [3.05, 3.63) is 42.5 Å². The lowest BCUT2D eigenvalue weighted by Crippen LogP contribution is -2.39. The first kappa shape index (κ1) is 26.2. The van der Waals surface area contributed by atoms with Crippen molar-refractivity contribution in [2.45, 2.75) is 44.4 Å². The van der Waals surface area contributed by atoms with Crippen molar-refractivity contribution in [2.24, 2.45) is 0 Å². The van der Waals surface area contributed by atoms with Gasteiger partial charge in [-0.3, -0.25) is 18.3 Å². The van der Waals surface area contributed by atoms with E-state index in [0.29, 0.717) is 6.42 Å². The first-order chi connectivity index (χ1) is 17.6. The number of halogens is 1. The Morgan fingerprint density at radius 1 is 1.27 bits per heavy atom. The second kappa shape index (κ2) is 10.6. The number of carbonyl (C=O) groups excluding carboxylic acids is 2. The molecule has 37 heavy (non-hydrogen) atoms. The molecule has 198 valence electrons. The highest BCUT2D eigenvalue weighted by Gasteiger charge is 2.49. The number of imidazole rings is 1. The van der Waals surface area contributed by atoms with Crippen molar-refractivity contribution in [3.8, 4) is 5.75 Å². The number of rotatable bonds is 9. The van der Waals surface area contributed by atoms with Gasteiger partial charge in [-0.2, -0.15) is 8.42 Å². The third kappa shape index (κ3) is 5.60. The van der Waals surface area contributed by atoms with E-state index in [4.69, 9.17) is 19.4 Å². The standard InChI is InChI=1S/C21H23FN6O8S/c1-2-5-14(30)36-17-13(8-34-37(32,33)27-20(31)11-6-3-4-7-12(11)29)35-21(15(17)22)28-10-26-16-18(23)24-9-25-19(16)28/h3-4,6-7,9-10,13,15,17,21,29H,2,5,8H2,1H3,(H,27,31)(H2,23,24,25)/t13-,15-,17-,21-/m1/s1. The van der Waals surface area contributed by atoms with Crippen LogP contribution in [0.2, 0.25) is 0 Å². The largest absolute Gasteiger partial charge is 0.507 e. The molecular weight excluding hydrogens is 515 g/mol. The number of alkyl halides is 1. The second-order valence-corrected chi connectivity index (χ2v) is 9.33. The fourth-order valence-corrected chi connectivity index (χ4v) is 4.39. The quantitative estimate of drug-likeness (QED) is 0.324. The Labute approximate surface area is 209 Å². The van der Waals surface area contributed by atoms with Gasteiger partial charge in [-0.25, -0.2) is 24.1 Å². The average molecular weight is 539 g/mol. The Morgan fingerprint density at radius 2 is 2.03 bits per heavy atom. The fourth-order valence-electron chi connectivity index (χ4n) is 3.68. The van der Waals surface area contributed by atoms with Crippen LogP contribution in [-0.4, -0.2) is 69.9 Å². The van der Waals surface area contributed by atoms with E-state index in [1.807, 2.05) is 0 Å². The van der Waals surface area contributed by atoms with Crippen LogP contribution in [0.5, 0.6) is 5.75 Å². The third-order valence-electron chi connectivity index (χ3n) is 5.40. The molecule has 1 fully saturated rings. The predicted molar refractivity (Wildman–Crippen MR) is 124 cm³/mol. The molecule has 1 aliphatic heterocycles. The molecule has 0 aliphatic carbocycles. The van der Waals surface area contributed by atoms with Crippen molar-refractivity contribution in [1.29, 1.82) is 0 Å². The topological polar surface area (TPSA) is 198 Å². The van der Waals surface area contributed by atoms with Crippen LogP contribution in [0.1, 0.15) is 36.4 Å². The highest BCUT2D eigenvalue weighted by Crippen LogP contribution is 2.36. The first-order valence-electron chi connectivity index (χ1n) is 11.0. The van der Waals surface area contributed by atoms with Crippen LogP contribution in [-0.2, 0) is 28.8 Å². The van der Waals surface area contributed by atoms with Gasteiger partial charge in [0.25, 0.3) is 5.91 Å². The average Bonchev–Trinajstić information content (AvgIpc) is 3.40. The maximum atomic E-state index is 15.6. The van der Waals surface area contributed by atoms with Gasteiger partial charge < -0.3 is 20.3 Å². The molecule has 3 aromatic rings. The van der Waals surface area contributed by atoms with E-state index in [-0.39, 0.29) is 29.0 Å². The minimum Gasteiger partial charge on any atom is -0.507 e. The number of aromatic nitrogens is 4. The van der Waals surface area contributed by atoms with Gasteiger partial charge in [0.2, 0.25) is 0 Å². The van der Waals surface area contributed by atoms with Gasteiger partial charge in [-0.1, -0.05) is 19.1 Å². The van der Waals surface area contributed by atoms with Crippen LogP contribution in [0.15, 0.2) is 36.9 Å². The molecule has 0 unspecified atom stereocenters. The van der Waals surface area contributed by atoms with E-state index in [1.165, 1.54) is 35.2 Å². The van der Waals surface area contributed by atoms with E-state index in [0.717, 1.165) is 6.33 Å². The lowest BCUT2D eigenvalue weighted by Gasteiger charge is -2.19. The van der Waals surface area contributed by atoms with Gasteiger partial charge in [-0.05, 0) is 18.6 Å². The molecular formula is C21H23FN6O8S. The van der Waals surface area contributed by atoms with Crippen LogP contribution >= 0.6 is 0 Å². The third-order valence-corrected chi connectivity index (χ3v) is 6.29. The molecule has 4 N–H and O–H groups in total. The summed E-state index contributed by atoms with van der Waals surface area (Å²) in [5.41, 5.74) is 5.79. The summed E-state index contributed by atoms with van der Waals surface area (Å²) < 4.78 is 59.0. The van der Waals surface area contributed by atoms with Crippen LogP contribution < -0.4 is 10.5 Å². The summed E-state index contributed by atoms with van der Waals surface area (Å²) in [6.45, 7) is 0.915. The smallest absolute Gasteiger partial charge is 0.362 e. The minimum absolute atomic E-state index is 0.00580. The minimum atomic E-state index is -4.73. The number of esters is 1. The Hall–Kier alpha value is -3.89. The van der Waals surface area contributed by atoms with Crippen molar-refractivity contribution in [3.63, 3.8) is 0 Å². The molecule has 1 aromatic carbocycles. The maximum absolute atomic E-state index is 15.6. The van der Waals surface area contributed by atoms with E-state index in [9.17, 15) is 23.1 Å². The molecule has 0 bridgehead atoms. The van der Waals surface area contributed by atoms with Gasteiger partial charge in [0.05, 0.1) is 18.5 Å². The number of hydrogen-bond acceptors (Lipinski definition) is 12. The number of nitrogens with zero attached hydrogens (tertiary/aromatic N) is 4. The number of hydrogen-bond donors (Lipinski definition) is 3. The SMILES string of the molecule is CCCC(=O)O[C@H]1[C@@H](F)[C@H](n2cnc3c(N)ncnc32)O[C@@H]1COS(=O)(=O)NC(=O)c1ccccc1O. The number of nitrogens with one attached hydrogen (secondary N) is 1. The number of aromatic hydroxyl groups is 1. The van der Waals surface area contributed by atoms with Crippen molar-refractivity contribution in [1.82, 2.24) is 24.2 Å². The lowest BCUT2D eigenvalue weighted by molar-refractivity contribution is -0.154. The predicted octanol–water partition coefficient (Wildman–Crippen LogP) is 0.753. The number of amides is 1. The van der Waals surface area contributed by atoms with E-state index in [1.54, 1.807) is 11.6 Å². The number of para-hydroxylation sites is 1. The molecule has 4 atom stereocenters. The lowest BCUT2D eigenvalue weighted by atomic mass is 10.1. The molecule has 14 nitrogen and oxygen atoms in total. The number of phenolic OH excluding ortho intramolecular Hbond substituents is 1. The molecule has 2 aromatic heterocycles. The summed E-state index contributed by atoms with van der Waals surface area (Å²) >= 11 is 0. The number of carbonyl (C=O) groups is 2. The summed E-state index contributed by atoms with van der Waals surface area (Å²) in [7, 11) is -4.73. The first-order valence-corrected chi connectivity index (χ1v) is 12.4. The zero-order valence-electron chi connectivity index (χ0n) is 19.4. The van der Waals surface area contributed by atoms with Gasteiger partial charge in [0.1, 0.15) is 23.7 Å². The molecule has 1 saturated heterocycles.